The topological polar surface area (TPSA) is 95.5 Å². The Balaban J connectivity index is 1.27. The first-order chi connectivity index (χ1) is 18.5. The summed E-state index contributed by atoms with van der Waals surface area (Å²) in [6.07, 6.45) is 6.32. The summed E-state index contributed by atoms with van der Waals surface area (Å²) in [7, 11) is -3.45. The predicted molar refractivity (Wildman–Crippen MR) is 145 cm³/mol. The van der Waals surface area contributed by atoms with Crippen LogP contribution in [0.1, 0.15) is 73.8 Å². The van der Waals surface area contributed by atoms with Gasteiger partial charge >= 0.3 is 0 Å². The zero-order chi connectivity index (χ0) is 27.4. The van der Waals surface area contributed by atoms with E-state index in [2.05, 4.69) is 20.2 Å². The SMILES string of the molecule is Cc1cc(NC(=O)c2ccc(S(=O)(=O)C3CCC3)cc2N2CCC3(CC2)CC3)nc(N2CCC(F)(F)CC2)n1. The van der Waals surface area contributed by atoms with E-state index in [4.69, 9.17) is 0 Å². The zero-order valence-electron chi connectivity index (χ0n) is 22.3. The van der Waals surface area contributed by atoms with E-state index < -0.39 is 21.7 Å². The molecule has 2 aliphatic carbocycles. The first kappa shape index (κ1) is 26.4. The van der Waals surface area contributed by atoms with Crippen molar-refractivity contribution < 1.29 is 22.0 Å². The van der Waals surface area contributed by atoms with Gasteiger partial charge in [0.2, 0.25) is 5.95 Å². The highest BCUT2D eigenvalue weighted by molar-refractivity contribution is 7.92. The molecule has 11 heteroatoms. The number of carbonyl (C=O) groups excluding carboxylic acids is 1. The van der Waals surface area contributed by atoms with Crippen LogP contribution in [0.2, 0.25) is 0 Å². The number of aryl methyl sites for hydroxylation is 1. The van der Waals surface area contributed by atoms with Crippen LogP contribution in [0, 0.1) is 12.3 Å². The maximum absolute atomic E-state index is 13.7. The van der Waals surface area contributed by atoms with Crippen LogP contribution >= 0.6 is 0 Å². The summed E-state index contributed by atoms with van der Waals surface area (Å²) in [6, 6.07) is 6.48. The van der Waals surface area contributed by atoms with Crippen LogP contribution < -0.4 is 15.1 Å². The fourth-order valence-electron chi connectivity index (χ4n) is 5.89. The molecule has 0 atom stereocenters. The maximum Gasteiger partial charge on any atom is 0.258 e. The Labute approximate surface area is 228 Å². The Bertz CT molecular complexity index is 1370. The van der Waals surface area contributed by atoms with Crippen molar-refractivity contribution in [3.63, 3.8) is 0 Å². The van der Waals surface area contributed by atoms with Gasteiger partial charge in [0, 0.05) is 50.8 Å². The highest BCUT2D eigenvalue weighted by atomic mass is 32.2. The second-order valence-corrected chi connectivity index (χ2v) is 14.0. The molecule has 1 aromatic carbocycles. The molecule has 1 aromatic heterocycles. The average Bonchev–Trinajstić information content (AvgIpc) is 3.61. The van der Waals surface area contributed by atoms with E-state index in [-0.39, 0.29) is 41.9 Å². The molecule has 6 rings (SSSR count). The Morgan fingerprint density at radius 2 is 1.62 bits per heavy atom. The third kappa shape index (κ3) is 5.34. The summed E-state index contributed by atoms with van der Waals surface area (Å²) in [5.41, 5.74) is 2.07. The van der Waals surface area contributed by atoms with E-state index in [1.807, 2.05) is 0 Å². The van der Waals surface area contributed by atoms with Gasteiger partial charge < -0.3 is 15.1 Å². The number of hydrogen-bond acceptors (Lipinski definition) is 7. The first-order valence-corrected chi connectivity index (χ1v) is 15.5. The van der Waals surface area contributed by atoms with E-state index in [1.165, 1.54) is 12.8 Å². The van der Waals surface area contributed by atoms with Crippen LogP contribution in [0.5, 0.6) is 0 Å². The Kier molecular flexibility index (Phi) is 6.55. The number of carbonyl (C=O) groups is 1. The molecule has 8 nitrogen and oxygen atoms in total. The number of piperidine rings is 2. The van der Waals surface area contributed by atoms with E-state index in [1.54, 1.807) is 36.1 Å². The Morgan fingerprint density at radius 1 is 0.949 bits per heavy atom. The molecule has 1 amide bonds. The van der Waals surface area contributed by atoms with Crippen molar-refractivity contribution in [1.82, 2.24) is 9.97 Å². The normalized spacial score (nSPS) is 22.4. The van der Waals surface area contributed by atoms with Gasteiger partial charge in [-0.2, -0.15) is 4.98 Å². The number of hydrogen-bond donors (Lipinski definition) is 1. The lowest BCUT2D eigenvalue weighted by Crippen LogP contribution is -2.40. The van der Waals surface area contributed by atoms with Gasteiger partial charge in [-0.1, -0.05) is 6.42 Å². The molecule has 2 aliphatic heterocycles. The number of aromatic nitrogens is 2. The molecule has 0 unspecified atom stereocenters. The molecule has 0 bridgehead atoms. The lowest BCUT2D eigenvalue weighted by atomic mass is 9.93. The number of rotatable bonds is 6. The number of alkyl halides is 2. The van der Waals surface area contributed by atoms with Crippen molar-refractivity contribution in [2.45, 2.75) is 80.8 Å². The molecule has 2 saturated carbocycles. The second kappa shape index (κ2) is 9.67. The van der Waals surface area contributed by atoms with Crippen molar-refractivity contribution in [1.29, 1.82) is 0 Å². The summed E-state index contributed by atoms with van der Waals surface area (Å²) < 4.78 is 53.7. The second-order valence-electron chi connectivity index (χ2n) is 11.8. The van der Waals surface area contributed by atoms with Crippen LogP contribution in [0.3, 0.4) is 0 Å². The summed E-state index contributed by atoms with van der Waals surface area (Å²) in [4.78, 5) is 26.6. The lowest BCUT2D eigenvalue weighted by molar-refractivity contribution is -0.0222. The van der Waals surface area contributed by atoms with Gasteiger partial charge in [-0.3, -0.25) is 4.79 Å². The number of amides is 1. The Morgan fingerprint density at radius 3 is 2.23 bits per heavy atom. The monoisotopic (exact) mass is 559 g/mol. The lowest BCUT2D eigenvalue weighted by Gasteiger charge is -2.35. The third-order valence-corrected chi connectivity index (χ3v) is 11.3. The molecular weight excluding hydrogens is 524 g/mol. The predicted octanol–water partition coefficient (Wildman–Crippen LogP) is 4.98. The van der Waals surface area contributed by atoms with Gasteiger partial charge in [0.05, 0.1) is 21.4 Å². The van der Waals surface area contributed by atoms with E-state index >= 15 is 0 Å². The summed E-state index contributed by atoms with van der Waals surface area (Å²) in [5, 5.41) is 2.52. The van der Waals surface area contributed by atoms with Gasteiger partial charge in [-0.05, 0) is 69.1 Å². The fraction of sp³-hybridized carbons (Fsp3) is 0.607. The number of halogens is 2. The maximum atomic E-state index is 13.7. The van der Waals surface area contributed by atoms with Crippen molar-refractivity contribution in [3.05, 3.63) is 35.5 Å². The van der Waals surface area contributed by atoms with Crippen LogP contribution in [0.4, 0.5) is 26.2 Å². The van der Waals surface area contributed by atoms with Gasteiger partial charge in [-0.15, -0.1) is 0 Å². The fourth-order valence-corrected chi connectivity index (χ4v) is 7.76. The molecule has 2 aromatic rings. The van der Waals surface area contributed by atoms with E-state index in [9.17, 15) is 22.0 Å². The minimum Gasteiger partial charge on any atom is -0.371 e. The minimum atomic E-state index is -3.45. The molecule has 210 valence electrons. The number of nitrogens with zero attached hydrogens (tertiary/aromatic N) is 4. The smallest absolute Gasteiger partial charge is 0.258 e. The quantitative estimate of drug-likeness (QED) is 0.533. The van der Waals surface area contributed by atoms with Crippen molar-refractivity contribution >= 4 is 33.2 Å². The first-order valence-electron chi connectivity index (χ1n) is 14.0. The summed E-state index contributed by atoms with van der Waals surface area (Å²) in [6.45, 7) is 3.61. The Hall–Kier alpha value is -2.82. The van der Waals surface area contributed by atoms with E-state index in [0.29, 0.717) is 41.1 Å². The van der Waals surface area contributed by atoms with Crippen molar-refractivity contribution in [2.75, 3.05) is 41.3 Å². The van der Waals surface area contributed by atoms with Gasteiger partial charge in [0.1, 0.15) is 5.82 Å². The van der Waals surface area contributed by atoms with Gasteiger partial charge in [0.25, 0.3) is 11.8 Å². The molecule has 2 saturated heterocycles. The number of anilines is 3. The molecular formula is C28H35F2N5O3S. The molecule has 0 radical (unpaired) electrons. The van der Waals surface area contributed by atoms with Crippen LogP contribution in [-0.4, -0.2) is 61.6 Å². The largest absolute Gasteiger partial charge is 0.371 e. The summed E-state index contributed by atoms with van der Waals surface area (Å²) >= 11 is 0. The molecule has 1 N–H and O–H groups in total. The number of sulfone groups is 1. The molecule has 4 aliphatic rings. The highest BCUT2D eigenvalue weighted by Gasteiger charge is 2.45. The number of benzene rings is 1. The van der Waals surface area contributed by atoms with Gasteiger partial charge in [-0.25, -0.2) is 22.2 Å². The van der Waals surface area contributed by atoms with Crippen molar-refractivity contribution in [3.8, 4) is 0 Å². The highest BCUT2D eigenvalue weighted by Crippen LogP contribution is 2.54. The minimum absolute atomic E-state index is 0.140. The molecule has 39 heavy (non-hydrogen) atoms. The zero-order valence-corrected chi connectivity index (χ0v) is 23.1. The molecule has 3 heterocycles. The number of nitrogens with one attached hydrogen (secondary N) is 1. The summed E-state index contributed by atoms with van der Waals surface area (Å²) in [5.74, 6) is -2.47. The van der Waals surface area contributed by atoms with Crippen molar-refractivity contribution in [2.24, 2.45) is 5.41 Å². The average molecular weight is 560 g/mol. The van der Waals surface area contributed by atoms with Crippen LogP contribution in [0.15, 0.2) is 29.2 Å². The third-order valence-electron chi connectivity index (χ3n) is 9.02. The molecule has 1 spiro atoms. The van der Waals surface area contributed by atoms with E-state index in [0.717, 1.165) is 32.4 Å². The van der Waals surface area contributed by atoms with Crippen LogP contribution in [-0.2, 0) is 9.84 Å². The molecule has 4 fully saturated rings. The standard InChI is InChI=1S/C28H35F2N5O3S/c1-19-17-24(33-26(31-19)35-15-11-28(29,30)12-16-35)32-25(36)22-6-5-21(39(37,38)20-3-2-4-20)18-23(22)34-13-9-27(7-8-27)10-14-34/h5-6,17-18,20H,2-4,7-16H2,1H3,(H,31,32,33,36). The van der Waals surface area contributed by atoms with Gasteiger partial charge in [0.15, 0.2) is 9.84 Å². The van der Waals surface area contributed by atoms with Crippen LogP contribution in [0.25, 0.3) is 0 Å².